The minimum Gasteiger partial charge on any atom is -0.497 e. The molecule has 0 unspecified atom stereocenters. The van der Waals surface area contributed by atoms with E-state index in [0.717, 1.165) is 0 Å². The molecule has 0 saturated heterocycles. The van der Waals surface area contributed by atoms with E-state index in [4.69, 9.17) is 21.6 Å². The number of rotatable bonds is 4. The SMILES string of the molecule is COc1ccc(S(=O)(=O)Nc2cccc(C#N)c2)c(Cl)c1. The van der Waals surface area contributed by atoms with Gasteiger partial charge in [-0.3, -0.25) is 4.72 Å². The van der Waals surface area contributed by atoms with Crippen molar-refractivity contribution in [2.24, 2.45) is 0 Å². The van der Waals surface area contributed by atoms with Crippen LogP contribution >= 0.6 is 11.6 Å². The van der Waals surface area contributed by atoms with Gasteiger partial charge < -0.3 is 4.74 Å². The molecule has 0 fully saturated rings. The Labute approximate surface area is 127 Å². The highest BCUT2D eigenvalue weighted by Gasteiger charge is 2.18. The Bertz CT molecular complexity index is 813. The molecule has 0 bridgehead atoms. The molecule has 0 heterocycles. The Hall–Kier alpha value is -2.23. The first-order chi connectivity index (χ1) is 9.96. The van der Waals surface area contributed by atoms with Crippen molar-refractivity contribution < 1.29 is 13.2 Å². The number of methoxy groups -OCH3 is 1. The maximum Gasteiger partial charge on any atom is 0.263 e. The first kappa shape index (κ1) is 15.2. The van der Waals surface area contributed by atoms with Crippen LogP contribution in [0.25, 0.3) is 0 Å². The molecule has 0 amide bonds. The zero-order valence-electron chi connectivity index (χ0n) is 11.0. The number of benzene rings is 2. The van der Waals surface area contributed by atoms with Crippen LogP contribution in [0.5, 0.6) is 5.75 Å². The van der Waals surface area contributed by atoms with Crippen LogP contribution in [0.1, 0.15) is 5.56 Å². The summed E-state index contributed by atoms with van der Waals surface area (Å²) in [5.74, 6) is 0.463. The van der Waals surface area contributed by atoms with Crippen molar-refractivity contribution >= 4 is 27.3 Å². The molecule has 0 aliphatic rings. The van der Waals surface area contributed by atoms with Crippen LogP contribution in [-0.4, -0.2) is 15.5 Å². The third kappa shape index (κ3) is 3.45. The fraction of sp³-hybridized carbons (Fsp3) is 0.0714. The molecule has 5 nitrogen and oxygen atoms in total. The molecule has 2 aromatic rings. The van der Waals surface area contributed by atoms with Crippen LogP contribution in [0.15, 0.2) is 47.4 Å². The van der Waals surface area contributed by atoms with Crippen LogP contribution in [0.4, 0.5) is 5.69 Å². The molecule has 2 rings (SSSR count). The van der Waals surface area contributed by atoms with Gasteiger partial charge in [0.25, 0.3) is 10.0 Å². The third-order valence-electron chi connectivity index (χ3n) is 2.67. The van der Waals surface area contributed by atoms with E-state index < -0.39 is 10.0 Å². The summed E-state index contributed by atoms with van der Waals surface area (Å²) in [6.45, 7) is 0. The lowest BCUT2D eigenvalue weighted by atomic mass is 10.2. The van der Waals surface area contributed by atoms with Gasteiger partial charge in [-0.1, -0.05) is 17.7 Å². The van der Waals surface area contributed by atoms with Crippen molar-refractivity contribution in [2.45, 2.75) is 4.90 Å². The van der Waals surface area contributed by atoms with Gasteiger partial charge in [-0.25, -0.2) is 8.42 Å². The van der Waals surface area contributed by atoms with Gasteiger partial charge in [0, 0.05) is 6.07 Å². The maximum absolute atomic E-state index is 12.3. The van der Waals surface area contributed by atoms with Crippen molar-refractivity contribution in [1.29, 1.82) is 5.26 Å². The molecule has 108 valence electrons. The Morgan fingerprint density at radius 2 is 2.00 bits per heavy atom. The first-order valence-corrected chi connectivity index (χ1v) is 7.69. The summed E-state index contributed by atoms with van der Waals surface area (Å²) in [6, 6.07) is 12.4. The number of ether oxygens (including phenoxy) is 1. The van der Waals surface area contributed by atoms with Gasteiger partial charge in [-0.15, -0.1) is 0 Å². The van der Waals surface area contributed by atoms with Gasteiger partial charge in [-0.2, -0.15) is 5.26 Å². The Morgan fingerprint density at radius 1 is 1.24 bits per heavy atom. The highest BCUT2D eigenvalue weighted by Crippen LogP contribution is 2.27. The molecule has 2 aromatic carbocycles. The van der Waals surface area contributed by atoms with E-state index >= 15 is 0 Å². The van der Waals surface area contributed by atoms with Gasteiger partial charge in [0.05, 0.1) is 29.5 Å². The molecular weight excluding hydrogens is 312 g/mol. The molecule has 21 heavy (non-hydrogen) atoms. The van der Waals surface area contributed by atoms with E-state index in [1.807, 2.05) is 6.07 Å². The summed E-state index contributed by atoms with van der Waals surface area (Å²) in [7, 11) is -2.38. The zero-order chi connectivity index (χ0) is 15.5. The smallest absolute Gasteiger partial charge is 0.263 e. The van der Waals surface area contributed by atoms with Crippen LogP contribution in [0.2, 0.25) is 5.02 Å². The normalized spacial score (nSPS) is 10.7. The van der Waals surface area contributed by atoms with Crippen LogP contribution < -0.4 is 9.46 Å². The predicted molar refractivity (Wildman–Crippen MR) is 80.0 cm³/mol. The van der Waals surface area contributed by atoms with Crippen molar-refractivity contribution in [1.82, 2.24) is 0 Å². The van der Waals surface area contributed by atoms with E-state index in [0.29, 0.717) is 17.0 Å². The number of nitriles is 1. The highest BCUT2D eigenvalue weighted by molar-refractivity contribution is 7.92. The Balaban J connectivity index is 2.36. The standard InChI is InChI=1S/C14H11ClN2O3S/c1-20-12-5-6-14(13(15)8-12)21(18,19)17-11-4-2-3-10(7-11)9-16/h2-8,17H,1H3. The number of nitrogens with one attached hydrogen (secondary N) is 1. The van der Waals surface area contributed by atoms with Crippen LogP contribution in [-0.2, 0) is 10.0 Å². The quantitative estimate of drug-likeness (QED) is 0.938. The maximum atomic E-state index is 12.3. The topological polar surface area (TPSA) is 79.2 Å². The second-order valence-corrected chi connectivity index (χ2v) is 6.15. The van der Waals surface area contributed by atoms with E-state index in [1.54, 1.807) is 18.2 Å². The summed E-state index contributed by atoms with van der Waals surface area (Å²) >= 11 is 5.97. The number of sulfonamides is 1. The Kier molecular flexibility index (Phi) is 4.36. The van der Waals surface area contributed by atoms with E-state index in [2.05, 4.69) is 4.72 Å². The third-order valence-corrected chi connectivity index (χ3v) is 4.54. The second-order valence-electron chi connectivity index (χ2n) is 4.09. The minimum absolute atomic E-state index is 0.0540. The van der Waals surface area contributed by atoms with Gasteiger partial charge in [0.2, 0.25) is 0 Å². The second kappa shape index (κ2) is 6.04. The van der Waals surface area contributed by atoms with Crippen molar-refractivity contribution in [3.05, 3.63) is 53.1 Å². The zero-order valence-corrected chi connectivity index (χ0v) is 12.6. The molecule has 0 aliphatic heterocycles. The van der Waals surface area contributed by atoms with Crippen LogP contribution in [0, 0.1) is 11.3 Å². The number of anilines is 1. The summed E-state index contributed by atoms with van der Waals surface area (Å²) < 4.78 is 32.0. The van der Waals surface area contributed by atoms with Gasteiger partial charge in [-0.05, 0) is 30.3 Å². The van der Waals surface area contributed by atoms with Crippen molar-refractivity contribution in [3.63, 3.8) is 0 Å². The largest absolute Gasteiger partial charge is 0.497 e. The summed E-state index contributed by atoms with van der Waals surface area (Å²) in [6.07, 6.45) is 0. The van der Waals surface area contributed by atoms with Crippen molar-refractivity contribution in [3.8, 4) is 11.8 Å². The lowest BCUT2D eigenvalue weighted by Crippen LogP contribution is -2.13. The lowest BCUT2D eigenvalue weighted by Gasteiger charge is -2.10. The molecule has 1 N–H and O–H groups in total. The van der Waals surface area contributed by atoms with Gasteiger partial charge in [0.15, 0.2) is 0 Å². The fourth-order valence-corrected chi connectivity index (χ4v) is 3.27. The molecule has 0 aliphatic carbocycles. The molecule has 0 saturated carbocycles. The fourth-order valence-electron chi connectivity index (χ4n) is 1.69. The number of halogens is 1. The number of hydrogen-bond acceptors (Lipinski definition) is 4. The molecule has 0 atom stereocenters. The van der Waals surface area contributed by atoms with E-state index in [-0.39, 0.29) is 9.92 Å². The monoisotopic (exact) mass is 322 g/mol. The molecular formula is C14H11ClN2O3S. The van der Waals surface area contributed by atoms with E-state index in [9.17, 15) is 8.42 Å². The number of hydrogen-bond donors (Lipinski definition) is 1. The van der Waals surface area contributed by atoms with Crippen LogP contribution in [0.3, 0.4) is 0 Å². The van der Waals surface area contributed by atoms with E-state index in [1.165, 1.54) is 31.4 Å². The molecule has 7 heteroatoms. The molecule has 0 spiro atoms. The first-order valence-electron chi connectivity index (χ1n) is 5.83. The predicted octanol–water partition coefficient (Wildman–Crippen LogP) is 3.02. The summed E-state index contributed by atoms with van der Waals surface area (Å²) in [4.78, 5) is -0.0627. The average Bonchev–Trinajstić information content (AvgIpc) is 2.46. The lowest BCUT2D eigenvalue weighted by molar-refractivity contribution is 0.414. The highest BCUT2D eigenvalue weighted by atomic mass is 35.5. The number of nitrogens with zero attached hydrogens (tertiary/aromatic N) is 1. The molecule has 0 aromatic heterocycles. The van der Waals surface area contributed by atoms with Gasteiger partial charge >= 0.3 is 0 Å². The summed E-state index contributed by atoms with van der Waals surface area (Å²) in [5.41, 5.74) is 0.650. The minimum atomic E-state index is -3.84. The van der Waals surface area contributed by atoms with Crippen molar-refractivity contribution in [2.75, 3.05) is 11.8 Å². The van der Waals surface area contributed by atoms with Gasteiger partial charge in [0.1, 0.15) is 10.6 Å². The average molecular weight is 323 g/mol. The molecule has 0 radical (unpaired) electrons. The Morgan fingerprint density at radius 3 is 2.62 bits per heavy atom. The summed E-state index contributed by atoms with van der Waals surface area (Å²) in [5, 5.41) is 8.87.